The number of nitrogens with one attached hydrogen (secondary N) is 1. The number of amides is 1. The summed E-state index contributed by atoms with van der Waals surface area (Å²) in [7, 11) is 0. The normalized spacial score (nSPS) is 12.0. The number of para-hydroxylation sites is 1. The summed E-state index contributed by atoms with van der Waals surface area (Å²) in [6, 6.07) is 17.7. The highest BCUT2D eigenvalue weighted by Gasteiger charge is 2.20. The molecule has 1 N–H and O–H groups in total. The summed E-state index contributed by atoms with van der Waals surface area (Å²) in [4.78, 5) is 26.5. The van der Waals surface area contributed by atoms with Gasteiger partial charge in [-0.2, -0.15) is 15.0 Å². The van der Waals surface area contributed by atoms with E-state index in [-0.39, 0.29) is 5.56 Å². The van der Waals surface area contributed by atoms with E-state index in [2.05, 4.69) is 15.5 Å². The Hall–Kier alpha value is -3.74. The molecule has 1 amide bonds. The number of carbonyl (C=O) groups is 1. The van der Waals surface area contributed by atoms with Crippen molar-refractivity contribution in [3.63, 3.8) is 0 Å². The first-order chi connectivity index (χ1) is 13.2. The zero-order valence-corrected chi connectivity index (χ0v) is 14.3. The van der Waals surface area contributed by atoms with Gasteiger partial charge in [-0.05, 0) is 17.7 Å². The zero-order chi connectivity index (χ0) is 18.6. The fourth-order valence-corrected chi connectivity index (χ4v) is 2.88. The molecule has 0 fully saturated rings. The van der Waals surface area contributed by atoms with E-state index in [0.717, 1.165) is 5.56 Å². The van der Waals surface area contributed by atoms with Crippen LogP contribution in [0.3, 0.4) is 0 Å². The molecule has 134 valence electrons. The van der Waals surface area contributed by atoms with Gasteiger partial charge in [-0.3, -0.25) is 4.79 Å². The number of benzene rings is 2. The van der Waals surface area contributed by atoms with Crippen molar-refractivity contribution in [3.05, 3.63) is 94.6 Å². The van der Waals surface area contributed by atoms with Crippen molar-refractivity contribution in [3.8, 4) is 0 Å². The number of rotatable bonds is 5. The SMILES string of the molecule is O=C(N[C@@H](Cn1nccn1)c1ccccc1)c1cc2ccccc2oc1=O. The standard InChI is InChI=1S/C20H16N4O3/c25-19(16-12-15-8-4-5-9-18(15)27-20(16)26)23-17(13-24-21-10-11-22-24)14-6-2-1-3-7-14/h1-12,17H,13H2,(H,23,25)/t17-/m0/s1. The largest absolute Gasteiger partial charge is 0.422 e. The van der Waals surface area contributed by atoms with Crippen LogP contribution in [0.15, 0.2) is 82.3 Å². The minimum atomic E-state index is -0.671. The molecule has 0 bridgehead atoms. The molecule has 0 aliphatic rings. The third-order valence-electron chi connectivity index (χ3n) is 4.21. The van der Waals surface area contributed by atoms with Gasteiger partial charge < -0.3 is 9.73 Å². The highest BCUT2D eigenvalue weighted by molar-refractivity contribution is 5.96. The molecule has 4 rings (SSSR count). The van der Waals surface area contributed by atoms with Crippen LogP contribution in [-0.2, 0) is 6.54 Å². The lowest BCUT2D eigenvalue weighted by Gasteiger charge is -2.18. The molecule has 0 saturated heterocycles. The van der Waals surface area contributed by atoms with Crippen LogP contribution in [-0.4, -0.2) is 20.9 Å². The van der Waals surface area contributed by atoms with Crippen molar-refractivity contribution in [1.29, 1.82) is 0 Å². The topological polar surface area (TPSA) is 90.0 Å². The van der Waals surface area contributed by atoms with E-state index < -0.39 is 17.6 Å². The van der Waals surface area contributed by atoms with Gasteiger partial charge in [0.1, 0.15) is 11.1 Å². The maximum atomic E-state index is 12.8. The van der Waals surface area contributed by atoms with Crippen LogP contribution in [0.25, 0.3) is 11.0 Å². The monoisotopic (exact) mass is 360 g/mol. The number of fused-ring (bicyclic) bond motifs is 1. The average Bonchev–Trinajstić information content (AvgIpc) is 3.20. The molecule has 7 heteroatoms. The predicted molar refractivity (Wildman–Crippen MR) is 99.2 cm³/mol. The van der Waals surface area contributed by atoms with Gasteiger partial charge in [0.2, 0.25) is 0 Å². The molecule has 0 radical (unpaired) electrons. The third-order valence-corrected chi connectivity index (χ3v) is 4.21. The van der Waals surface area contributed by atoms with E-state index >= 15 is 0 Å². The minimum absolute atomic E-state index is 0.0388. The Bertz CT molecular complexity index is 1120. The Morgan fingerprint density at radius 2 is 1.74 bits per heavy atom. The number of nitrogens with zero attached hydrogens (tertiary/aromatic N) is 3. The fourth-order valence-electron chi connectivity index (χ4n) is 2.88. The Balaban J connectivity index is 1.65. The molecule has 0 saturated carbocycles. The Morgan fingerprint density at radius 1 is 1.04 bits per heavy atom. The maximum Gasteiger partial charge on any atom is 0.349 e. The number of aromatic nitrogens is 3. The summed E-state index contributed by atoms with van der Waals surface area (Å²) in [5.41, 5.74) is 0.617. The van der Waals surface area contributed by atoms with Crippen LogP contribution in [0.4, 0.5) is 0 Å². The van der Waals surface area contributed by atoms with Crippen LogP contribution in [0.1, 0.15) is 22.0 Å². The van der Waals surface area contributed by atoms with Gasteiger partial charge in [-0.25, -0.2) is 4.79 Å². The van der Waals surface area contributed by atoms with Crippen LogP contribution in [0.2, 0.25) is 0 Å². The van der Waals surface area contributed by atoms with Gasteiger partial charge in [0.15, 0.2) is 0 Å². The van der Waals surface area contributed by atoms with E-state index in [1.165, 1.54) is 4.80 Å². The van der Waals surface area contributed by atoms with Gasteiger partial charge in [-0.1, -0.05) is 48.5 Å². The number of hydrogen-bond donors (Lipinski definition) is 1. The Kier molecular flexibility index (Phi) is 4.49. The molecule has 0 aliphatic carbocycles. The van der Waals surface area contributed by atoms with E-state index in [1.54, 1.807) is 36.7 Å². The average molecular weight is 360 g/mol. The predicted octanol–water partition coefficient (Wildman–Crippen LogP) is 2.56. The van der Waals surface area contributed by atoms with Crippen LogP contribution in [0.5, 0.6) is 0 Å². The summed E-state index contributed by atoms with van der Waals surface area (Å²) in [6.45, 7) is 0.335. The lowest BCUT2D eigenvalue weighted by atomic mass is 10.1. The minimum Gasteiger partial charge on any atom is -0.422 e. The van der Waals surface area contributed by atoms with Crippen molar-refractivity contribution in [2.45, 2.75) is 12.6 Å². The quantitative estimate of drug-likeness (QED) is 0.553. The Labute approximate surface area is 154 Å². The zero-order valence-electron chi connectivity index (χ0n) is 14.3. The van der Waals surface area contributed by atoms with Gasteiger partial charge in [0.25, 0.3) is 5.91 Å². The van der Waals surface area contributed by atoms with E-state index in [1.807, 2.05) is 36.4 Å². The van der Waals surface area contributed by atoms with Crippen molar-refractivity contribution in [1.82, 2.24) is 20.3 Å². The molecule has 1 atom stereocenters. The van der Waals surface area contributed by atoms with E-state index in [0.29, 0.717) is 17.5 Å². The first kappa shape index (κ1) is 16.7. The van der Waals surface area contributed by atoms with Crippen molar-refractivity contribution < 1.29 is 9.21 Å². The lowest BCUT2D eigenvalue weighted by molar-refractivity contribution is 0.0927. The summed E-state index contributed by atoms with van der Waals surface area (Å²) < 4.78 is 5.26. The molecule has 4 aromatic rings. The van der Waals surface area contributed by atoms with Crippen LogP contribution >= 0.6 is 0 Å². The highest BCUT2D eigenvalue weighted by atomic mass is 16.4. The van der Waals surface area contributed by atoms with Crippen molar-refractivity contribution >= 4 is 16.9 Å². The highest BCUT2D eigenvalue weighted by Crippen LogP contribution is 2.16. The number of hydrogen-bond acceptors (Lipinski definition) is 5. The molecule has 0 spiro atoms. The summed E-state index contributed by atoms with van der Waals surface area (Å²) >= 11 is 0. The van der Waals surface area contributed by atoms with Gasteiger partial charge in [0, 0.05) is 5.39 Å². The first-order valence-corrected chi connectivity index (χ1v) is 8.43. The third kappa shape index (κ3) is 3.62. The lowest BCUT2D eigenvalue weighted by Crippen LogP contribution is -2.34. The van der Waals surface area contributed by atoms with Crippen molar-refractivity contribution in [2.75, 3.05) is 0 Å². The molecule has 0 unspecified atom stereocenters. The summed E-state index contributed by atoms with van der Waals surface area (Å²) in [6.07, 6.45) is 3.14. The Morgan fingerprint density at radius 3 is 2.52 bits per heavy atom. The van der Waals surface area contributed by atoms with Gasteiger partial charge in [-0.15, -0.1) is 0 Å². The molecule has 27 heavy (non-hydrogen) atoms. The van der Waals surface area contributed by atoms with E-state index in [9.17, 15) is 9.59 Å². The second kappa shape index (κ2) is 7.25. The second-order valence-corrected chi connectivity index (χ2v) is 6.01. The molecule has 7 nitrogen and oxygen atoms in total. The summed E-state index contributed by atoms with van der Waals surface area (Å²) in [5.74, 6) is -0.504. The summed E-state index contributed by atoms with van der Waals surface area (Å²) in [5, 5.41) is 11.8. The van der Waals surface area contributed by atoms with E-state index in [4.69, 9.17) is 4.42 Å². The molecule has 2 heterocycles. The molecule has 2 aromatic carbocycles. The number of carbonyl (C=O) groups excluding carboxylic acids is 1. The van der Waals surface area contributed by atoms with Crippen LogP contribution < -0.4 is 10.9 Å². The van der Waals surface area contributed by atoms with Crippen LogP contribution in [0, 0.1) is 0 Å². The van der Waals surface area contributed by atoms with Gasteiger partial charge >= 0.3 is 5.63 Å². The molecular formula is C20H16N4O3. The maximum absolute atomic E-state index is 12.8. The smallest absolute Gasteiger partial charge is 0.349 e. The van der Waals surface area contributed by atoms with Crippen molar-refractivity contribution in [2.24, 2.45) is 0 Å². The molecular weight excluding hydrogens is 344 g/mol. The van der Waals surface area contributed by atoms with Gasteiger partial charge in [0.05, 0.1) is 25.0 Å². The second-order valence-electron chi connectivity index (χ2n) is 6.01. The first-order valence-electron chi connectivity index (χ1n) is 8.43. The fraction of sp³-hybridized carbons (Fsp3) is 0.100. The molecule has 2 aromatic heterocycles. The molecule has 0 aliphatic heterocycles.